The molecule has 0 radical (unpaired) electrons. The maximum absolute atomic E-state index is 12.6. The van der Waals surface area contributed by atoms with Crippen LogP contribution in [0.25, 0.3) is 0 Å². The first kappa shape index (κ1) is 16.7. The quantitative estimate of drug-likeness (QED) is 0.872. The van der Waals surface area contributed by atoms with Crippen LogP contribution in [0.1, 0.15) is 52.2 Å². The minimum absolute atomic E-state index is 0.101. The zero-order chi connectivity index (χ0) is 17.6. The van der Waals surface area contributed by atoms with Gasteiger partial charge in [0.2, 0.25) is 0 Å². The molecular weight excluding hydrogens is 366 g/mol. The van der Waals surface area contributed by atoms with Gasteiger partial charge in [0, 0.05) is 35.6 Å². The van der Waals surface area contributed by atoms with Crippen molar-refractivity contribution in [1.29, 1.82) is 0 Å². The number of nitrogens with one attached hydrogen (secondary N) is 1. The first-order valence-corrected chi connectivity index (χ1v) is 11.2. The highest BCUT2D eigenvalue weighted by Crippen LogP contribution is 2.46. The van der Waals surface area contributed by atoms with E-state index in [1.54, 1.807) is 22.7 Å². The summed E-state index contributed by atoms with van der Waals surface area (Å²) < 4.78 is 6.34. The Hall–Kier alpha value is -1.44. The van der Waals surface area contributed by atoms with Gasteiger partial charge in [-0.05, 0) is 50.2 Å². The average molecular weight is 390 g/mol. The lowest BCUT2D eigenvalue weighted by Gasteiger charge is -2.43. The van der Waals surface area contributed by atoms with Crippen LogP contribution < -0.4 is 10.2 Å². The number of hydrogen-bond acceptors (Lipinski definition) is 6. The molecule has 2 aliphatic heterocycles. The van der Waals surface area contributed by atoms with Gasteiger partial charge >= 0.3 is 0 Å². The predicted octanol–water partition coefficient (Wildman–Crippen LogP) is 3.56. The van der Waals surface area contributed by atoms with E-state index in [0.717, 1.165) is 61.8 Å². The molecule has 3 aliphatic rings. The number of carbonyl (C=O) groups is 1. The van der Waals surface area contributed by atoms with Crippen molar-refractivity contribution in [2.24, 2.45) is 0 Å². The number of amides is 1. The van der Waals surface area contributed by atoms with Gasteiger partial charge in [-0.15, -0.1) is 22.7 Å². The van der Waals surface area contributed by atoms with E-state index in [9.17, 15) is 4.79 Å². The summed E-state index contributed by atoms with van der Waals surface area (Å²) in [5.74, 6) is 0.101. The van der Waals surface area contributed by atoms with Gasteiger partial charge in [-0.3, -0.25) is 4.79 Å². The number of thiophene rings is 1. The normalized spacial score (nSPS) is 22.1. The number of piperidine rings is 1. The summed E-state index contributed by atoms with van der Waals surface area (Å²) in [7, 11) is 0. The molecule has 2 fully saturated rings. The van der Waals surface area contributed by atoms with E-state index in [4.69, 9.17) is 4.74 Å². The van der Waals surface area contributed by atoms with E-state index >= 15 is 0 Å². The van der Waals surface area contributed by atoms with Gasteiger partial charge < -0.3 is 15.0 Å². The van der Waals surface area contributed by atoms with Crippen LogP contribution in [0, 0.1) is 0 Å². The lowest BCUT2D eigenvalue weighted by molar-refractivity contribution is -0.0735. The largest absolute Gasteiger partial charge is 0.369 e. The molecule has 1 saturated carbocycles. The second-order valence-electron chi connectivity index (χ2n) is 7.46. The van der Waals surface area contributed by atoms with Crippen molar-refractivity contribution in [3.8, 4) is 0 Å². The summed E-state index contributed by atoms with van der Waals surface area (Å²) in [6.07, 6.45) is 8.19. The highest BCUT2D eigenvalue weighted by molar-refractivity contribution is 7.14. The molecule has 1 amide bonds. The smallest absolute Gasteiger partial charge is 0.261 e. The summed E-state index contributed by atoms with van der Waals surface area (Å²) in [4.78, 5) is 21.5. The molecule has 0 aromatic carbocycles. The van der Waals surface area contributed by atoms with Crippen LogP contribution in [0.4, 0.5) is 5.13 Å². The van der Waals surface area contributed by atoms with Crippen LogP contribution in [-0.2, 0) is 16.8 Å². The molecule has 0 unspecified atom stereocenters. The van der Waals surface area contributed by atoms with Gasteiger partial charge in [0.05, 0.1) is 11.5 Å². The molecule has 2 aromatic heterocycles. The lowest BCUT2D eigenvalue weighted by Crippen LogP contribution is -2.46. The molecule has 1 saturated heterocycles. The summed E-state index contributed by atoms with van der Waals surface area (Å²) >= 11 is 3.35. The Bertz CT molecular complexity index is 790. The minimum atomic E-state index is -0.207. The Labute approximate surface area is 161 Å². The number of anilines is 1. The number of thiazole rings is 1. The molecule has 2 aromatic rings. The van der Waals surface area contributed by atoms with Gasteiger partial charge in [0.1, 0.15) is 5.60 Å². The fourth-order valence-electron chi connectivity index (χ4n) is 4.15. The van der Waals surface area contributed by atoms with Crippen LogP contribution in [0.15, 0.2) is 17.6 Å². The molecule has 5 nitrogen and oxygen atoms in total. The Balaban J connectivity index is 1.35. The Kier molecular flexibility index (Phi) is 4.26. The van der Waals surface area contributed by atoms with Crippen molar-refractivity contribution in [2.45, 2.75) is 50.2 Å². The van der Waals surface area contributed by atoms with E-state index in [0.29, 0.717) is 6.04 Å². The van der Waals surface area contributed by atoms with E-state index in [-0.39, 0.29) is 11.5 Å². The third-order valence-corrected chi connectivity index (χ3v) is 8.09. The van der Waals surface area contributed by atoms with E-state index in [1.165, 1.54) is 16.9 Å². The summed E-state index contributed by atoms with van der Waals surface area (Å²) in [6.45, 7) is 2.66. The molecule has 26 heavy (non-hydrogen) atoms. The van der Waals surface area contributed by atoms with E-state index < -0.39 is 0 Å². The average Bonchev–Trinajstić information content (AvgIpc) is 3.29. The zero-order valence-corrected chi connectivity index (χ0v) is 16.3. The number of carbonyl (C=O) groups excluding carboxylic acids is 1. The summed E-state index contributed by atoms with van der Waals surface area (Å²) in [5, 5.41) is 6.30. The molecule has 1 aliphatic carbocycles. The molecule has 0 atom stereocenters. The third-order valence-electron chi connectivity index (χ3n) is 5.90. The van der Waals surface area contributed by atoms with Gasteiger partial charge in [-0.2, -0.15) is 0 Å². The maximum atomic E-state index is 12.6. The SMILES string of the molecule is O=C(NC1CCC1)c1cc2c(s1)C1(CCN(c3nccs3)CC1)OCC2. The van der Waals surface area contributed by atoms with E-state index in [1.807, 2.05) is 11.6 Å². The second kappa shape index (κ2) is 6.62. The highest BCUT2D eigenvalue weighted by atomic mass is 32.1. The van der Waals surface area contributed by atoms with Crippen molar-refractivity contribution in [2.75, 3.05) is 24.6 Å². The number of hydrogen-bond donors (Lipinski definition) is 1. The molecule has 1 N–H and O–H groups in total. The molecule has 7 heteroatoms. The highest BCUT2D eigenvalue weighted by Gasteiger charge is 2.43. The summed E-state index contributed by atoms with van der Waals surface area (Å²) in [5.41, 5.74) is 1.11. The molecule has 5 rings (SSSR count). The van der Waals surface area contributed by atoms with Crippen molar-refractivity contribution in [3.05, 3.63) is 33.0 Å². The van der Waals surface area contributed by atoms with E-state index in [2.05, 4.69) is 21.3 Å². The fraction of sp³-hybridized carbons (Fsp3) is 0.579. The van der Waals surface area contributed by atoms with Crippen LogP contribution in [-0.4, -0.2) is 36.6 Å². The Morgan fingerprint density at radius 3 is 2.88 bits per heavy atom. The Morgan fingerprint density at radius 1 is 1.35 bits per heavy atom. The van der Waals surface area contributed by atoms with Crippen molar-refractivity contribution in [1.82, 2.24) is 10.3 Å². The topological polar surface area (TPSA) is 54.5 Å². The van der Waals surface area contributed by atoms with Crippen molar-refractivity contribution in [3.63, 3.8) is 0 Å². The lowest BCUT2D eigenvalue weighted by atomic mass is 9.85. The van der Waals surface area contributed by atoms with Crippen molar-refractivity contribution >= 4 is 33.7 Å². The van der Waals surface area contributed by atoms with Gasteiger partial charge in [-0.1, -0.05) is 0 Å². The second-order valence-corrected chi connectivity index (χ2v) is 9.39. The number of ether oxygens (including phenoxy) is 1. The third kappa shape index (κ3) is 2.86. The number of rotatable bonds is 3. The standard InChI is InChI=1S/C19H23N3O2S2/c23-17(21-14-2-1-3-14)15-12-13-4-10-24-19(16(13)26-15)5-8-22(9-6-19)18-20-7-11-25-18/h7,11-12,14H,1-6,8-10H2,(H,21,23). The molecular formula is C19H23N3O2S2. The van der Waals surface area contributed by atoms with Crippen LogP contribution in [0.2, 0.25) is 0 Å². The monoisotopic (exact) mass is 389 g/mol. The van der Waals surface area contributed by atoms with Crippen LogP contribution in [0.3, 0.4) is 0 Å². The first-order chi connectivity index (χ1) is 12.7. The number of nitrogens with zero attached hydrogens (tertiary/aromatic N) is 2. The molecule has 0 bridgehead atoms. The predicted molar refractivity (Wildman–Crippen MR) is 104 cm³/mol. The van der Waals surface area contributed by atoms with Crippen LogP contribution in [0.5, 0.6) is 0 Å². The Morgan fingerprint density at radius 2 is 2.19 bits per heavy atom. The van der Waals surface area contributed by atoms with Gasteiger partial charge in [0.25, 0.3) is 5.91 Å². The minimum Gasteiger partial charge on any atom is -0.369 e. The first-order valence-electron chi connectivity index (χ1n) is 9.46. The maximum Gasteiger partial charge on any atom is 0.261 e. The molecule has 1 spiro atoms. The fourth-order valence-corrected chi connectivity index (χ4v) is 6.16. The molecule has 4 heterocycles. The van der Waals surface area contributed by atoms with Crippen LogP contribution >= 0.6 is 22.7 Å². The van der Waals surface area contributed by atoms with Crippen molar-refractivity contribution < 1.29 is 9.53 Å². The number of aromatic nitrogens is 1. The van der Waals surface area contributed by atoms with Gasteiger partial charge in [0.15, 0.2) is 5.13 Å². The summed E-state index contributed by atoms with van der Waals surface area (Å²) in [6, 6.07) is 2.50. The zero-order valence-electron chi connectivity index (χ0n) is 14.7. The van der Waals surface area contributed by atoms with Gasteiger partial charge in [-0.25, -0.2) is 4.98 Å². The number of fused-ring (bicyclic) bond motifs is 2. The molecule has 138 valence electrons.